The first-order chi connectivity index (χ1) is 7.50. The molecule has 0 fully saturated rings. The predicted octanol–water partition coefficient (Wildman–Crippen LogP) is 2.84. The van der Waals surface area contributed by atoms with E-state index in [1.165, 1.54) is 0 Å². The number of ether oxygens (including phenoxy) is 2. The summed E-state index contributed by atoms with van der Waals surface area (Å²) in [5.74, 6) is 0.269. The maximum absolute atomic E-state index is 11.2. The molecule has 1 rings (SSSR count). The minimum Gasteiger partial charge on any atom is -0.455 e. The van der Waals surface area contributed by atoms with Gasteiger partial charge in [0.25, 0.3) is 0 Å². The van der Waals surface area contributed by atoms with Gasteiger partial charge in [-0.1, -0.05) is 24.8 Å². The topological polar surface area (TPSA) is 35.5 Å². The summed E-state index contributed by atoms with van der Waals surface area (Å²) < 4.78 is 10.5. The Hall–Kier alpha value is -1.77. The van der Waals surface area contributed by atoms with E-state index in [0.717, 1.165) is 5.56 Å². The van der Waals surface area contributed by atoms with Crippen LogP contribution in [0.25, 0.3) is 0 Å². The Morgan fingerprint density at radius 2 is 2.00 bits per heavy atom. The van der Waals surface area contributed by atoms with E-state index in [9.17, 15) is 4.79 Å². The number of hydrogen-bond donors (Lipinski definition) is 0. The summed E-state index contributed by atoms with van der Waals surface area (Å²) in [4.78, 5) is 11.2. The number of aryl methyl sites for hydroxylation is 1. The van der Waals surface area contributed by atoms with Crippen molar-refractivity contribution >= 4 is 5.97 Å². The van der Waals surface area contributed by atoms with Crippen LogP contribution < -0.4 is 4.74 Å². The molecule has 1 unspecified atom stereocenters. The summed E-state index contributed by atoms with van der Waals surface area (Å²) in [6.45, 7) is 8.71. The van der Waals surface area contributed by atoms with Crippen molar-refractivity contribution in [1.82, 2.24) is 0 Å². The monoisotopic (exact) mass is 220 g/mol. The Morgan fingerprint density at radius 3 is 2.56 bits per heavy atom. The van der Waals surface area contributed by atoms with Crippen LogP contribution in [0.3, 0.4) is 0 Å². The van der Waals surface area contributed by atoms with E-state index >= 15 is 0 Å². The van der Waals surface area contributed by atoms with Crippen LogP contribution in [0.2, 0.25) is 0 Å². The van der Waals surface area contributed by atoms with Gasteiger partial charge in [0.1, 0.15) is 5.75 Å². The van der Waals surface area contributed by atoms with Crippen LogP contribution in [0.15, 0.2) is 36.4 Å². The molecule has 0 radical (unpaired) electrons. The number of carbonyl (C=O) groups is 1. The summed E-state index contributed by atoms with van der Waals surface area (Å²) in [6.07, 6.45) is -0.620. The quantitative estimate of drug-likeness (QED) is 0.444. The minimum absolute atomic E-state index is 0.361. The molecule has 0 aliphatic rings. The molecule has 1 atom stereocenters. The number of carbonyl (C=O) groups excluding carboxylic acids is 1. The minimum atomic E-state index is -0.620. The first kappa shape index (κ1) is 12.3. The molecule has 0 aromatic heterocycles. The Balaban J connectivity index is 2.58. The van der Waals surface area contributed by atoms with Crippen LogP contribution in [-0.4, -0.2) is 12.3 Å². The lowest BCUT2D eigenvalue weighted by Crippen LogP contribution is -2.21. The van der Waals surface area contributed by atoms with Gasteiger partial charge >= 0.3 is 5.97 Å². The van der Waals surface area contributed by atoms with E-state index < -0.39 is 12.3 Å². The highest BCUT2D eigenvalue weighted by molar-refractivity contribution is 5.87. The van der Waals surface area contributed by atoms with Crippen molar-refractivity contribution in [3.05, 3.63) is 42.0 Å². The largest absolute Gasteiger partial charge is 0.455 e. The normalized spacial score (nSPS) is 11.7. The third-order valence-corrected chi connectivity index (χ3v) is 2.01. The van der Waals surface area contributed by atoms with Gasteiger partial charge in [-0.15, -0.1) is 0 Å². The van der Waals surface area contributed by atoms with Crippen molar-refractivity contribution in [1.29, 1.82) is 0 Å². The van der Waals surface area contributed by atoms with Crippen LogP contribution in [0, 0.1) is 6.92 Å². The maximum atomic E-state index is 11.2. The number of benzene rings is 1. The molecule has 3 nitrogen and oxygen atoms in total. The molecular weight excluding hydrogens is 204 g/mol. The van der Waals surface area contributed by atoms with E-state index in [4.69, 9.17) is 9.47 Å². The lowest BCUT2D eigenvalue weighted by Gasteiger charge is -2.16. The second kappa shape index (κ2) is 5.35. The van der Waals surface area contributed by atoms with Crippen molar-refractivity contribution in [2.45, 2.75) is 27.1 Å². The number of hydrogen-bond acceptors (Lipinski definition) is 3. The fourth-order valence-corrected chi connectivity index (χ4v) is 1.14. The van der Waals surface area contributed by atoms with Crippen molar-refractivity contribution in [2.75, 3.05) is 0 Å². The summed E-state index contributed by atoms with van der Waals surface area (Å²) in [6, 6.07) is 7.56. The summed E-state index contributed by atoms with van der Waals surface area (Å²) in [5, 5.41) is 0. The van der Waals surface area contributed by atoms with Crippen LogP contribution in [0.1, 0.15) is 19.4 Å². The summed E-state index contributed by atoms with van der Waals surface area (Å²) in [5.41, 5.74) is 1.36. The lowest BCUT2D eigenvalue weighted by atomic mass is 10.2. The summed E-state index contributed by atoms with van der Waals surface area (Å²) >= 11 is 0. The zero-order valence-electron chi connectivity index (χ0n) is 9.82. The molecule has 0 aliphatic carbocycles. The second-order valence-corrected chi connectivity index (χ2v) is 3.64. The molecule has 0 heterocycles. The van der Waals surface area contributed by atoms with E-state index in [-0.39, 0.29) is 0 Å². The fourth-order valence-electron chi connectivity index (χ4n) is 1.14. The second-order valence-electron chi connectivity index (χ2n) is 3.64. The Kier molecular flexibility index (Phi) is 4.11. The molecule has 0 bridgehead atoms. The SMILES string of the molecule is C=C(C)C(=O)OC(C)Oc1ccccc1C. The highest BCUT2D eigenvalue weighted by Gasteiger charge is 2.11. The third kappa shape index (κ3) is 3.42. The van der Waals surface area contributed by atoms with Gasteiger partial charge in [-0.25, -0.2) is 4.79 Å². The average molecular weight is 220 g/mol. The van der Waals surface area contributed by atoms with Gasteiger partial charge in [-0.3, -0.25) is 0 Å². The summed E-state index contributed by atoms with van der Waals surface area (Å²) in [7, 11) is 0. The van der Waals surface area contributed by atoms with Gasteiger partial charge in [0.05, 0.1) is 0 Å². The maximum Gasteiger partial charge on any atom is 0.336 e. The highest BCUT2D eigenvalue weighted by atomic mass is 16.7. The first-order valence-corrected chi connectivity index (χ1v) is 5.09. The van der Waals surface area contributed by atoms with Gasteiger partial charge in [-0.2, -0.15) is 0 Å². The molecule has 0 saturated heterocycles. The Labute approximate surface area is 95.7 Å². The predicted molar refractivity (Wildman–Crippen MR) is 62.2 cm³/mol. The Morgan fingerprint density at radius 1 is 1.38 bits per heavy atom. The molecule has 1 aromatic carbocycles. The first-order valence-electron chi connectivity index (χ1n) is 5.09. The van der Waals surface area contributed by atoms with Crippen LogP contribution in [0.5, 0.6) is 5.75 Å². The molecule has 0 amide bonds. The number of para-hydroxylation sites is 1. The number of rotatable bonds is 4. The van der Waals surface area contributed by atoms with Gasteiger partial charge in [0.2, 0.25) is 6.29 Å². The molecular formula is C13H16O3. The number of esters is 1. The molecule has 3 heteroatoms. The third-order valence-electron chi connectivity index (χ3n) is 2.01. The Bertz CT molecular complexity index is 396. The molecule has 16 heavy (non-hydrogen) atoms. The van der Waals surface area contributed by atoms with E-state index in [1.807, 2.05) is 31.2 Å². The molecule has 0 saturated carbocycles. The van der Waals surface area contributed by atoms with Gasteiger partial charge in [0.15, 0.2) is 0 Å². The van der Waals surface area contributed by atoms with Crippen molar-refractivity contribution in [3.63, 3.8) is 0 Å². The highest BCUT2D eigenvalue weighted by Crippen LogP contribution is 2.18. The molecule has 0 N–H and O–H groups in total. The molecule has 0 spiro atoms. The van der Waals surface area contributed by atoms with Crippen molar-refractivity contribution in [3.8, 4) is 5.75 Å². The lowest BCUT2D eigenvalue weighted by molar-refractivity contribution is -0.156. The van der Waals surface area contributed by atoms with Crippen LogP contribution >= 0.6 is 0 Å². The molecule has 0 aliphatic heterocycles. The zero-order chi connectivity index (χ0) is 12.1. The van der Waals surface area contributed by atoms with E-state index in [2.05, 4.69) is 6.58 Å². The van der Waals surface area contributed by atoms with Crippen LogP contribution in [0.4, 0.5) is 0 Å². The van der Waals surface area contributed by atoms with Gasteiger partial charge in [-0.05, 0) is 25.5 Å². The van der Waals surface area contributed by atoms with E-state index in [1.54, 1.807) is 13.8 Å². The smallest absolute Gasteiger partial charge is 0.336 e. The average Bonchev–Trinajstić information content (AvgIpc) is 2.21. The van der Waals surface area contributed by atoms with Crippen molar-refractivity contribution in [2.24, 2.45) is 0 Å². The fraction of sp³-hybridized carbons (Fsp3) is 0.308. The molecule has 86 valence electrons. The van der Waals surface area contributed by atoms with Gasteiger partial charge in [0, 0.05) is 12.5 Å². The van der Waals surface area contributed by atoms with Crippen molar-refractivity contribution < 1.29 is 14.3 Å². The van der Waals surface area contributed by atoms with Gasteiger partial charge < -0.3 is 9.47 Å². The molecule has 1 aromatic rings. The standard InChI is InChI=1S/C13H16O3/c1-9(2)13(14)16-11(4)15-12-8-6-5-7-10(12)3/h5-8,11H,1H2,2-4H3. The zero-order valence-corrected chi connectivity index (χ0v) is 9.82. The van der Waals surface area contributed by atoms with Crippen LogP contribution in [-0.2, 0) is 9.53 Å². The van der Waals surface area contributed by atoms with E-state index in [0.29, 0.717) is 11.3 Å².